The monoisotopic (exact) mass is 316 g/mol. The molecule has 3 rings (SSSR count). The quantitative estimate of drug-likeness (QED) is 0.925. The zero-order valence-electron chi connectivity index (χ0n) is 12.9. The zero-order chi connectivity index (χ0) is 16.6. The average molecular weight is 316 g/mol. The van der Waals surface area contributed by atoms with E-state index in [0.29, 0.717) is 24.3 Å². The summed E-state index contributed by atoms with van der Waals surface area (Å²) in [4.78, 5) is 17.6. The second kappa shape index (κ2) is 5.87. The molecule has 1 amide bonds. The fraction of sp³-hybridized carbons (Fsp3) is 0.294. The Kier molecular flexibility index (Phi) is 3.90. The number of aromatic nitrogens is 1. The predicted octanol–water partition coefficient (Wildman–Crippen LogP) is 2.65. The molecule has 0 spiro atoms. The minimum Gasteiger partial charge on any atom is -0.493 e. The van der Waals surface area contributed by atoms with E-state index >= 15 is 0 Å². The van der Waals surface area contributed by atoms with E-state index in [0.717, 1.165) is 5.56 Å². The van der Waals surface area contributed by atoms with Gasteiger partial charge in [-0.05, 0) is 30.7 Å². The number of rotatable bonds is 2. The van der Waals surface area contributed by atoms with E-state index in [-0.39, 0.29) is 29.5 Å². The van der Waals surface area contributed by atoms with Crippen LogP contribution in [0.3, 0.4) is 0 Å². The lowest BCUT2D eigenvalue weighted by Gasteiger charge is -2.34. The maximum atomic E-state index is 13.0. The van der Waals surface area contributed by atoms with Gasteiger partial charge in [-0.2, -0.15) is 4.98 Å². The van der Waals surface area contributed by atoms with Gasteiger partial charge in [-0.15, -0.1) is 0 Å². The summed E-state index contributed by atoms with van der Waals surface area (Å²) in [6, 6.07) is 7.63. The van der Waals surface area contributed by atoms with Crippen LogP contribution < -0.4 is 9.64 Å². The SMILES string of the molecule is CC(=O)N1c2cc(Cc3ccc(F)cc3)c(O)nc2OC[C@@H]1C. The van der Waals surface area contributed by atoms with Crippen molar-refractivity contribution in [3.05, 3.63) is 47.3 Å². The van der Waals surface area contributed by atoms with Crippen LogP contribution in [0.4, 0.5) is 10.1 Å². The molecule has 0 fully saturated rings. The fourth-order valence-electron chi connectivity index (χ4n) is 2.74. The number of pyridine rings is 1. The van der Waals surface area contributed by atoms with Crippen LogP contribution in [0.15, 0.2) is 30.3 Å². The highest BCUT2D eigenvalue weighted by Crippen LogP contribution is 2.36. The summed E-state index contributed by atoms with van der Waals surface area (Å²) in [6.07, 6.45) is 0.381. The van der Waals surface area contributed by atoms with E-state index in [9.17, 15) is 14.3 Å². The summed E-state index contributed by atoms with van der Waals surface area (Å²) in [5.74, 6) is -0.321. The number of ether oxygens (including phenoxy) is 1. The van der Waals surface area contributed by atoms with Crippen LogP contribution in [-0.2, 0) is 11.2 Å². The Labute approximate surface area is 133 Å². The molecule has 2 aromatic rings. The standard InChI is InChI=1S/C17H17FN2O3/c1-10-9-23-17-15(20(10)11(2)21)8-13(16(22)19-17)7-12-3-5-14(18)6-4-12/h3-6,8,10H,7,9H2,1-2H3,(H,19,22)/t10-/m0/s1. The normalized spacial score (nSPS) is 16.7. The first-order valence-corrected chi connectivity index (χ1v) is 7.35. The lowest BCUT2D eigenvalue weighted by atomic mass is 10.0. The Morgan fingerprint density at radius 1 is 1.43 bits per heavy atom. The summed E-state index contributed by atoms with van der Waals surface area (Å²) in [5.41, 5.74) is 1.94. The molecule has 5 nitrogen and oxygen atoms in total. The lowest BCUT2D eigenvalue weighted by molar-refractivity contribution is -0.117. The Balaban J connectivity index is 1.99. The summed E-state index contributed by atoms with van der Waals surface area (Å²) >= 11 is 0. The molecule has 1 N–H and O–H groups in total. The van der Waals surface area contributed by atoms with Crippen LogP contribution in [0.25, 0.3) is 0 Å². The van der Waals surface area contributed by atoms with Gasteiger partial charge >= 0.3 is 0 Å². The second-order valence-corrected chi connectivity index (χ2v) is 5.65. The van der Waals surface area contributed by atoms with Crippen molar-refractivity contribution in [3.8, 4) is 11.8 Å². The third kappa shape index (κ3) is 2.97. The highest BCUT2D eigenvalue weighted by molar-refractivity contribution is 5.94. The van der Waals surface area contributed by atoms with Crippen LogP contribution >= 0.6 is 0 Å². The van der Waals surface area contributed by atoms with Crippen LogP contribution in [-0.4, -0.2) is 28.6 Å². The van der Waals surface area contributed by atoms with Crippen molar-refractivity contribution in [2.45, 2.75) is 26.3 Å². The summed E-state index contributed by atoms with van der Waals surface area (Å²) in [6.45, 7) is 3.70. The molecule has 0 saturated heterocycles. The van der Waals surface area contributed by atoms with Crippen molar-refractivity contribution in [1.29, 1.82) is 0 Å². The van der Waals surface area contributed by atoms with Gasteiger partial charge in [0, 0.05) is 18.9 Å². The number of amides is 1. The van der Waals surface area contributed by atoms with Crippen molar-refractivity contribution in [2.24, 2.45) is 0 Å². The van der Waals surface area contributed by atoms with Gasteiger partial charge < -0.3 is 14.7 Å². The molecule has 0 unspecified atom stereocenters. The minimum atomic E-state index is -0.313. The second-order valence-electron chi connectivity index (χ2n) is 5.65. The molecule has 1 aromatic carbocycles. The molecular formula is C17H17FN2O3. The maximum absolute atomic E-state index is 13.0. The van der Waals surface area contributed by atoms with Gasteiger partial charge in [0.1, 0.15) is 18.1 Å². The molecule has 2 heterocycles. The van der Waals surface area contributed by atoms with E-state index in [1.165, 1.54) is 19.1 Å². The molecular weight excluding hydrogens is 299 g/mol. The van der Waals surface area contributed by atoms with Crippen molar-refractivity contribution >= 4 is 11.6 Å². The zero-order valence-corrected chi connectivity index (χ0v) is 12.9. The molecule has 6 heteroatoms. The first-order chi connectivity index (χ1) is 11.0. The van der Waals surface area contributed by atoms with Gasteiger partial charge in [-0.25, -0.2) is 4.39 Å². The van der Waals surface area contributed by atoms with Crippen molar-refractivity contribution < 1.29 is 19.0 Å². The van der Waals surface area contributed by atoms with E-state index in [1.54, 1.807) is 23.1 Å². The lowest BCUT2D eigenvalue weighted by Crippen LogP contribution is -2.44. The van der Waals surface area contributed by atoms with Gasteiger partial charge in [0.2, 0.25) is 17.7 Å². The third-order valence-corrected chi connectivity index (χ3v) is 3.83. The summed E-state index contributed by atoms with van der Waals surface area (Å²) < 4.78 is 18.5. The van der Waals surface area contributed by atoms with Crippen LogP contribution in [0.2, 0.25) is 0 Å². The molecule has 0 aliphatic carbocycles. The number of carbonyl (C=O) groups excluding carboxylic acids is 1. The minimum absolute atomic E-state index is 0.106. The molecule has 120 valence electrons. The highest BCUT2D eigenvalue weighted by atomic mass is 19.1. The van der Waals surface area contributed by atoms with Crippen molar-refractivity contribution in [2.75, 3.05) is 11.5 Å². The van der Waals surface area contributed by atoms with Crippen LogP contribution in [0.1, 0.15) is 25.0 Å². The van der Waals surface area contributed by atoms with Crippen molar-refractivity contribution in [3.63, 3.8) is 0 Å². The predicted molar refractivity (Wildman–Crippen MR) is 83.2 cm³/mol. The van der Waals surface area contributed by atoms with E-state index in [1.807, 2.05) is 6.92 Å². The summed E-state index contributed by atoms with van der Waals surface area (Å²) in [7, 11) is 0. The number of carbonyl (C=O) groups is 1. The number of fused-ring (bicyclic) bond motifs is 1. The Morgan fingerprint density at radius 3 is 2.78 bits per heavy atom. The van der Waals surface area contributed by atoms with Crippen molar-refractivity contribution in [1.82, 2.24) is 4.98 Å². The Hall–Kier alpha value is -2.63. The summed E-state index contributed by atoms with van der Waals surface area (Å²) in [5, 5.41) is 10.1. The number of halogens is 1. The van der Waals surface area contributed by atoms with Crippen LogP contribution in [0.5, 0.6) is 11.8 Å². The van der Waals surface area contributed by atoms with Gasteiger partial charge in [-0.1, -0.05) is 12.1 Å². The average Bonchev–Trinajstić information content (AvgIpc) is 2.50. The highest BCUT2D eigenvalue weighted by Gasteiger charge is 2.29. The topological polar surface area (TPSA) is 62.7 Å². The number of aromatic hydroxyl groups is 1. The fourth-order valence-corrected chi connectivity index (χ4v) is 2.74. The van der Waals surface area contributed by atoms with E-state index < -0.39 is 0 Å². The van der Waals surface area contributed by atoms with Gasteiger partial charge in [0.15, 0.2) is 0 Å². The van der Waals surface area contributed by atoms with Gasteiger partial charge in [0.25, 0.3) is 0 Å². The number of nitrogens with zero attached hydrogens (tertiary/aromatic N) is 2. The number of anilines is 1. The molecule has 1 aromatic heterocycles. The molecule has 0 saturated carbocycles. The van der Waals surface area contributed by atoms with Gasteiger partial charge in [0.05, 0.1) is 6.04 Å². The van der Waals surface area contributed by atoms with Gasteiger partial charge in [-0.3, -0.25) is 4.79 Å². The van der Waals surface area contributed by atoms with E-state index in [2.05, 4.69) is 4.98 Å². The number of hydrogen-bond acceptors (Lipinski definition) is 4. The molecule has 1 aliphatic heterocycles. The molecule has 1 atom stereocenters. The maximum Gasteiger partial charge on any atom is 0.241 e. The molecule has 0 bridgehead atoms. The first-order valence-electron chi connectivity index (χ1n) is 7.35. The Morgan fingerprint density at radius 2 is 2.13 bits per heavy atom. The van der Waals surface area contributed by atoms with E-state index in [4.69, 9.17) is 4.74 Å². The number of hydrogen-bond donors (Lipinski definition) is 1. The third-order valence-electron chi connectivity index (χ3n) is 3.83. The molecule has 0 radical (unpaired) electrons. The first kappa shape index (κ1) is 15.3. The Bertz CT molecular complexity index is 746. The smallest absolute Gasteiger partial charge is 0.241 e. The number of benzene rings is 1. The van der Waals surface area contributed by atoms with Crippen LogP contribution in [0, 0.1) is 5.82 Å². The molecule has 23 heavy (non-hydrogen) atoms. The molecule has 1 aliphatic rings. The largest absolute Gasteiger partial charge is 0.493 e.